The number of hydrogen-bond acceptors (Lipinski definition) is 5. The molecule has 5 rings (SSSR count). The van der Waals surface area contributed by atoms with Gasteiger partial charge in [0, 0.05) is 35.6 Å². The Morgan fingerprint density at radius 2 is 1.38 bits per heavy atom. The van der Waals surface area contributed by atoms with Gasteiger partial charge in [-0.15, -0.1) is 0 Å². The van der Waals surface area contributed by atoms with E-state index in [-0.39, 0.29) is 5.43 Å². The van der Waals surface area contributed by atoms with Gasteiger partial charge in [-0.05, 0) is 6.07 Å². The van der Waals surface area contributed by atoms with Crippen LogP contribution in [0.15, 0.2) is 47.8 Å². The average Bonchev–Trinajstić information content (AvgIpc) is 2.88. The Balaban J connectivity index is 2.35. The van der Waals surface area contributed by atoms with Gasteiger partial charge in [-0.1, -0.05) is 12.1 Å². The predicted molar refractivity (Wildman–Crippen MR) is 78.6 cm³/mol. The molecule has 4 heterocycles. The van der Waals surface area contributed by atoms with Gasteiger partial charge in [-0.25, -0.2) is 15.0 Å². The van der Waals surface area contributed by atoms with Crippen LogP contribution in [0.1, 0.15) is 0 Å². The van der Waals surface area contributed by atoms with E-state index in [0.717, 1.165) is 16.4 Å². The van der Waals surface area contributed by atoms with Crippen molar-refractivity contribution in [3.05, 3.63) is 53.2 Å². The fraction of sp³-hybridized carbons (Fsp3) is 0. The van der Waals surface area contributed by atoms with Gasteiger partial charge in [0.1, 0.15) is 5.52 Å². The van der Waals surface area contributed by atoms with Crippen molar-refractivity contribution in [1.29, 1.82) is 0 Å². The lowest BCUT2D eigenvalue weighted by molar-refractivity contribution is 1.16. The van der Waals surface area contributed by atoms with E-state index in [9.17, 15) is 4.79 Å². The van der Waals surface area contributed by atoms with Crippen molar-refractivity contribution in [2.24, 2.45) is 0 Å². The SMILES string of the molecule is O=c1c2cccc3c4nccnc4n(c4nccnc14)c23. The van der Waals surface area contributed by atoms with E-state index in [1.807, 2.05) is 16.5 Å². The van der Waals surface area contributed by atoms with Crippen LogP contribution in [0.4, 0.5) is 0 Å². The van der Waals surface area contributed by atoms with E-state index in [2.05, 4.69) is 19.9 Å². The first kappa shape index (κ1) is 10.6. The largest absolute Gasteiger partial charge is 0.287 e. The first-order valence-corrected chi connectivity index (χ1v) is 6.46. The molecule has 0 spiro atoms. The third-order valence-corrected chi connectivity index (χ3v) is 3.76. The Morgan fingerprint density at radius 3 is 2.19 bits per heavy atom. The molecule has 1 aromatic carbocycles. The summed E-state index contributed by atoms with van der Waals surface area (Å²) in [6.45, 7) is 0. The zero-order valence-electron chi connectivity index (χ0n) is 10.7. The van der Waals surface area contributed by atoms with Crippen LogP contribution >= 0.6 is 0 Å². The lowest BCUT2D eigenvalue weighted by Gasteiger charge is -2.03. The molecule has 6 nitrogen and oxygen atoms in total. The van der Waals surface area contributed by atoms with Crippen LogP contribution in [0.25, 0.3) is 38.6 Å². The van der Waals surface area contributed by atoms with Gasteiger partial charge >= 0.3 is 0 Å². The maximum atomic E-state index is 12.6. The van der Waals surface area contributed by atoms with Gasteiger partial charge in [-0.3, -0.25) is 14.2 Å². The molecule has 0 bridgehead atoms. The van der Waals surface area contributed by atoms with E-state index >= 15 is 0 Å². The topological polar surface area (TPSA) is 73.0 Å². The molecule has 5 aromatic rings. The van der Waals surface area contributed by atoms with Gasteiger partial charge in [0.2, 0.25) is 5.43 Å². The second-order valence-electron chi connectivity index (χ2n) is 4.82. The number of aromatic nitrogens is 5. The molecular formula is C15H7N5O. The van der Waals surface area contributed by atoms with E-state index in [0.29, 0.717) is 22.2 Å². The highest BCUT2D eigenvalue weighted by Crippen LogP contribution is 2.29. The Kier molecular flexibility index (Phi) is 1.76. The number of pyridine rings is 1. The molecule has 21 heavy (non-hydrogen) atoms. The van der Waals surface area contributed by atoms with E-state index in [4.69, 9.17) is 0 Å². The number of benzene rings is 1. The first-order chi connectivity index (χ1) is 10.4. The fourth-order valence-corrected chi connectivity index (χ4v) is 2.94. The van der Waals surface area contributed by atoms with Crippen LogP contribution in [-0.2, 0) is 0 Å². The summed E-state index contributed by atoms with van der Waals surface area (Å²) in [6.07, 6.45) is 6.39. The molecule has 0 radical (unpaired) electrons. The van der Waals surface area contributed by atoms with Gasteiger partial charge < -0.3 is 0 Å². The summed E-state index contributed by atoms with van der Waals surface area (Å²) in [5.74, 6) is 0. The van der Waals surface area contributed by atoms with E-state index in [1.165, 1.54) is 6.20 Å². The second-order valence-corrected chi connectivity index (χ2v) is 4.82. The zero-order valence-corrected chi connectivity index (χ0v) is 10.7. The summed E-state index contributed by atoms with van der Waals surface area (Å²) in [5.41, 5.74) is 3.01. The van der Waals surface area contributed by atoms with Gasteiger partial charge in [0.25, 0.3) is 0 Å². The van der Waals surface area contributed by atoms with Crippen molar-refractivity contribution in [1.82, 2.24) is 24.3 Å². The Morgan fingerprint density at radius 1 is 0.762 bits per heavy atom. The molecule has 0 unspecified atom stereocenters. The summed E-state index contributed by atoms with van der Waals surface area (Å²) in [6, 6.07) is 5.61. The van der Waals surface area contributed by atoms with Crippen LogP contribution in [0, 0.1) is 0 Å². The third kappa shape index (κ3) is 1.15. The molecule has 0 aliphatic carbocycles. The van der Waals surface area contributed by atoms with Crippen LogP contribution < -0.4 is 5.43 Å². The van der Waals surface area contributed by atoms with Crippen molar-refractivity contribution in [2.45, 2.75) is 0 Å². The summed E-state index contributed by atoms with van der Waals surface area (Å²) >= 11 is 0. The minimum absolute atomic E-state index is 0.112. The van der Waals surface area contributed by atoms with Crippen LogP contribution in [0.3, 0.4) is 0 Å². The Hall–Kier alpha value is -3.15. The van der Waals surface area contributed by atoms with Crippen LogP contribution in [0.2, 0.25) is 0 Å². The molecule has 0 N–H and O–H groups in total. The highest BCUT2D eigenvalue weighted by molar-refractivity contribution is 6.13. The summed E-state index contributed by atoms with van der Waals surface area (Å²) in [5, 5.41) is 1.51. The van der Waals surface area contributed by atoms with Gasteiger partial charge in [0.05, 0.1) is 5.52 Å². The molecular weight excluding hydrogens is 266 g/mol. The van der Waals surface area contributed by atoms with E-state index < -0.39 is 0 Å². The summed E-state index contributed by atoms with van der Waals surface area (Å²) in [4.78, 5) is 29.9. The maximum absolute atomic E-state index is 12.6. The minimum atomic E-state index is -0.112. The highest BCUT2D eigenvalue weighted by Gasteiger charge is 2.18. The molecule has 0 aliphatic heterocycles. The molecule has 0 amide bonds. The third-order valence-electron chi connectivity index (χ3n) is 3.76. The smallest absolute Gasteiger partial charge is 0.217 e. The Labute approximate surface area is 117 Å². The predicted octanol–water partition coefficient (Wildman–Crippen LogP) is 1.78. The van der Waals surface area contributed by atoms with Crippen molar-refractivity contribution in [3.8, 4) is 0 Å². The van der Waals surface area contributed by atoms with Gasteiger partial charge in [-0.2, -0.15) is 0 Å². The molecule has 6 heteroatoms. The van der Waals surface area contributed by atoms with Crippen molar-refractivity contribution in [2.75, 3.05) is 0 Å². The minimum Gasteiger partial charge on any atom is -0.287 e. The first-order valence-electron chi connectivity index (χ1n) is 6.46. The summed E-state index contributed by atoms with van der Waals surface area (Å²) < 4.78 is 1.87. The molecule has 0 saturated heterocycles. The zero-order chi connectivity index (χ0) is 14.0. The quantitative estimate of drug-likeness (QED) is 0.402. The number of rotatable bonds is 0. The monoisotopic (exact) mass is 273 g/mol. The van der Waals surface area contributed by atoms with E-state index in [1.54, 1.807) is 24.7 Å². The highest BCUT2D eigenvalue weighted by atomic mass is 16.1. The molecule has 0 atom stereocenters. The fourth-order valence-electron chi connectivity index (χ4n) is 2.94. The van der Waals surface area contributed by atoms with Crippen molar-refractivity contribution < 1.29 is 0 Å². The summed E-state index contributed by atoms with van der Waals surface area (Å²) in [7, 11) is 0. The molecule has 98 valence electrons. The van der Waals surface area contributed by atoms with Crippen LogP contribution in [0.5, 0.6) is 0 Å². The number of fused-ring (bicyclic) bond motifs is 5. The molecule has 0 saturated carbocycles. The molecule has 4 aromatic heterocycles. The number of hydrogen-bond donors (Lipinski definition) is 0. The molecule has 0 fully saturated rings. The second kappa shape index (κ2) is 3.49. The standard InChI is InChI=1S/C15H7N5O/c21-13-9-3-1-2-8-10-14(18-6-4-16-10)20(12(8)9)15-11(13)17-5-7-19-15/h1-7H. The maximum Gasteiger partial charge on any atom is 0.217 e. The lowest BCUT2D eigenvalue weighted by Crippen LogP contribution is -2.09. The van der Waals surface area contributed by atoms with Gasteiger partial charge in [0.15, 0.2) is 16.8 Å². The normalized spacial score (nSPS) is 12.0. The lowest BCUT2D eigenvalue weighted by atomic mass is 10.1. The van der Waals surface area contributed by atoms with Crippen molar-refractivity contribution in [3.63, 3.8) is 0 Å². The average molecular weight is 273 g/mol. The number of nitrogens with zero attached hydrogens (tertiary/aromatic N) is 5. The van der Waals surface area contributed by atoms with Crippen LogP contribution in [-0.4, -0.2) is 24.3 Å². The van der Waals surface area contributed by atoms with Crippen molar-refractivity contribution >= 4 is 38.6 Å². The Bertz CT molecular complexity index is 1210. The molecule has 0 aliphatic rings. The number of para-hydroxylation sites is 1.